The molecule has 0 spiro atoms. The summed E-state index contributed by atoms with van der Waals surface area (Å²) in [6.07, 6.45) is 0.701. The van der Waals surface area contributed by atoms with Gasteiger partial charge in [-0.2, -0.15) is 0 Å². The van der Waals surface area contributed by atoms with Gasteiger partial charge < -0.3 is 5.32 Å². The normalized spacial score (nSPS) is 12.1. The molecule has 4 aromatic rings. The standard InChI is InChI=1S/C31H32N2O3S/c1-4-29(26-18-14-23(2)15-19-26)32-31(34)28-12-8-9-13-30(28)33(22-25-10-6-5-7-11-25)37(35,36)27-20-16-24(3)17-21-27/h5-21,29H,4,22H2,1-3H3,(H,32,34)/t29-/m1/s1. The molecule has 1 amide bonds. The predicted molar refractivity (Wildman–Crippen MR) is 149 cm³/mol. The third-order valence-electron chi connectivity index (χ3n) is 6.39. The molecule has 0 saturated heterocycles. The highest BCUT2D eigenvalue weighted by Crippen LogP contribution is 2.30. The number of para-hydroxylation sites is 1. The number of nitrogens with one attached hydrogen (secondary N) is 1. The lowest BCUT2D eigenvalue weighted by molar-refractivity contribution is 0.0936. The molecule has 0 radical (unpaired) electrons. The predicted octanol–water partition coefficient (Wildman–Crippen LogP) is 6.58. The van der Waals surface area contributed by atoms with E-state index in [1.54, 1.807) is 48.5 Å². The van der Waals surface area contributed by atoms with E-state index < -0.39 is 10.0 Å². The van der Waals surface area contributed by atoms with Gasteiger partial charge in [-0.15, -0.1) is 0 Å². The van der Waals surface area contributed by atoms with E-state index in [1.807, 2.05) is 75.4 Å². The van der Waals surface area contributed by atoms with Gasteiger partial charge in [0.25, 0.3) is 15.9 Å². The van der Waals surface area contributed by atoms with Gasteiger partial charge in [-0.3, -0.25) is 9.10 Å². The third-order valence-corrected chi connectivity index (χ3v) is 8.16. The molecule has 1 atom stereocenters. The lowest BCUT2D eigenvalue weighted by atomic mass is 10.0. The first kappa shape index (κ1) is 26.2. The van der Waals surface area contributed by atoms with Crippen molar-refractivity contribution in [3.63, 3.8) is 0 Å². The Kier molecular flexibility index (Phi) is 8.09. The van der Waals surface area contributed by atoms with Gasteiger partial charge in [-0.1, -0.05) is 96.9 Å². The van der Waals surface area contributed by atoms with E-state index in [1.165, 1.54) is 4.31 Å². The molecule has 5 nitrogen and oxygen atoms in total. The van der Waals surface area contributed by atoms with Crippen molar-refractivity contribution in [2.75, 3.05) is 4.31 Å². The molecule has 0 saturated carbocycles. The number of benzene rings is 4. The summed E-state index contributed by atoms with van der Waals surface area (Å²) in [4.78, 5) is 13.8. The number of rotatable bonds is 9. The second-order valence-electron chi connectivity index (χ2n) is 9.17. The molecule has 0 aliphatic carbocycles. The summed E-state index contributed by atoms with van der Waals surface area (Å²) >= 11 is 0. The summed E-state index contributed by atoms with van der Waals surface area (Å²) in [5, 5.41) is 3.12. The number of carbonyl (C=O) groups is 1. The van der Waals surface area contributed by atoms with Crippen LogP contribution in [0.1, 0.15) is 52.0 Å². The monoisotopic (exact) mass is 512 g/mol. The van der Waals surface area contributed by atoms with Gasteiger partial charge in [0.2, 0.25) is 0 Å². The molecule has 37 heavy (non-hydrogen) atoms. The van der Waals surface area contributed by atoms with E-state index >= 15 is 0 Å². The van der Waals surface area contributed by atoms with Crippen LogP contribution in [-0.4, -0.2) is 14.3 Å². The van der Waals surface area contributed by atoms with Gasteiger partial charge in [-0.25, -0.2) is 8.42 Å². The number of sulfonamides is 1. The average Bonchev–Trinajstić information content (AvgIpc) is 2.91. The Labute approximate surface area is 219 Å². The molecule has 0 aliphatic rings. The lowest BCUT2D eigenvalue weighted by Gasteiger charge is -2.27. The van der Waals surface area contributed by atoms with E-state index in [9.17, 15) is 13.2 Å². The van der Waals surface area contributed by atoms with Gasteiger partial charge in [0, 0.05) is 0 Å². The van der Waals surface area contributed by atoms with E-state index in [2.05, 4.69) is 5.32 Å². The zero-order valence-electron chi connectivity index (χ0n) is 21.4. The van der Waals surface area contributed by atoms with E-state index in [0.717, 1.165) is 22.3 Å². The van der Waals surface area contributed by atoms with Crippen molar-refractivity contribution in [1.82, 2.24) is 5.32 Å². The van der Waals surface area contributed by atoms with Crippen LogP contribution in [0.25, 0.3) is 0 Å². The van der Waals surface area contributed by atoms with Crippen LogP contribution in [0.15, 0.2) is 108 Å². The molecule has 190 valence electrons. The first-order valence-electron chi connectivity index (χ1n) is 12.4. The molecule has 4 rings (SSSR count). The first-order valence-corrected chi connectivity index (χ1v) is 13.8. The summed E-state index contributed by atoms with van der Waals surface area (Å²) in [7, 11) is -3.96. The quantitative estimate of drug-likeness (QED) is 0.275. The lowest BCUT2D eigenvalue weighted by Crippen LogP contribution is -2.34. The van der Waals surface area contributed by atoms with Crippen LogP contribution >= 0.6 is 0 Å². The number of nitrogens with zero attached hydrogens (tertiary/aromatic N) is 1. The average molecular weight is 513 g/mol. The van der Waals surface area contributed by atoms with E-state index in [0.29, 0.717) is 17.7 Å². The Morgan fingerprint density at radius 3 is 1.97 bits per heavy atom. The second kappa shape index (κ2) is 11.4. The first-order chi connectivity index (χ1) is 17.8. The minimum absolute atomic E-state index is 0.0938. The molecule has 1 N–H and O–H groups in total. The second-order valence-corrected chi connectivity index (χ2v) is 11.0. The van der Waals surface area contributed by atoms with E-state index in [-0.39, 0.29) is 23.4 Å². The molecule has 6 heteroatoms. The minimum atomic E-state index is -3.96. The minimum Gasteiger partial charge on any atom is -0.345 e. The van der Waals surface area contributed by atoms with Crippen molar-refractivity contribution >= 4 is 21.6 Å². The number of anilines is 1. The maximum absolute atomic E-state index is 13.9. The Balaban J connectivity index is 1.75. The Hall–Kier alpha value is -3.90. The molecule has 4 aromatic carbocycles. The van der Waals surface area contributed by atoms with Crippen molar-refractivity contribution < 1.29 is 13.2 Å². The van der Waals surface area contributed by atoms with Crippen molar-refractivity contribution in [2.45, 2.75) is 44.7 Å². The van der Waals surface area contributed by atoms with Gasteiger partial charge in [0.1, 0.15) is 0 Å². The summed E-state index contributed by atoms with van der Waals surface area (Å²) in [5.41, 5.74) is 4.58. The summed E-state index contributed by atoms with van der Waals surface area (Å²) in [5.74, 6) is -0.319. The largest absolute Gasteiger partial charge is 0.345 e. The van der Waals surface area contributed by atoms with Gasteiger partial charge in [0.05, 0.1) is 28.7 Å². The number of hydrogen-bond donors (Lipinski definition) is 1. The van der Waals surface area contributed by atoms with Crippen LogP contribution in [-0.2, 0) is 16.6 Å². The Bertz CT molecular complexity index is 1450. The molecule has 0 heterocycles. The van der Waals surface area contributed by atoms with Crippen LogP contribution in [0.2, 0.25) is 0 Å². The highest BCUT2D eigenvalue weighted by Gasteiger charge is 2.29. The van der Waals surface area contributed by atoms with Gasteiger partial charge in [-0.05, 0) is 55.7 Å². The fourth-order valence-electron chi connectivity index (χ4n) is 4.23. The highest BCUT2D eigenvalue weighted by atomic mass is 32.2. The van der Waals surface area contributed by atoms with Crippen LogP contribution in [0.5, 0.6) is 0 Å². The highest BCUT2D eigenvalue weighted by molar-refractivity contribution is 7.92. The van der Waals surface area contributed by atoms with Crippen LogP contribution in [0.3, 0.4) is 0 Å². The molecule has 0 bridgehead atoms. The van der Waals surface area contributed by atoms with Crippen LogP contribution in [0, 0.1) is 13.8 Å². The maximum atomic E-state index is 13.9. The molecule has 0 aliphatic heterocycles. The third kappa shape index (κ3) is 6.09. The Morgan fingerprint density at radius 1 is 0.784 bits per heavy atom. The SMILES string of the molecule is CC[C@@H](NC(=O)c1ccccc1N(Cc1ccccc1)S(=O)(=O)c1ccc(C)cc1)c1ccc(C)cc1. The summed E-state index contributed by atoms with van der Waals surface area (Å²) in [6, 6.07) is 30.9. The summed E-state index contributed by atoms with van der Waals surface area (Å²) in [6.45, 7) is 6.04. The fraction of sp³-hybridized carbons (Fsp3) is 0.194. The van der Waals surface area contributed by atoms with Crippen LogP contribution in [0.4, 0.5) is 5.69 Å². The fourth-order valence-corrected chi connectivity index (χ4v) is 5.70. The summed E-state index contributed by atoms with van der Waals surface area (Å²) < 4.78 is 29.2. The maximum Gasteiger partial charge on any atom is 0.264 e. The molecular formula is C31H32N2O3S. The van der Waals surface area contributed by atoms with Crippen molar-refractivity contribution in [2.24, 2.45) is 0 Å². The number of amides is 1. The molecule has 0 aromatic heterocycles. The van der Waals surface area contributed by atoms with Gasteiger partial charge in [0.15, 0.2) is 0 Å². The number of hydrogen-bond acceptors (Lipinski definition) is 3. The van der Waals surface area contributed by atoms with Crippen molar-refractivity contribution in [1.29, 1.82) is 0 Å². The van der Waals surface area contributed by atoms with Crippen molar-refractivity contribution in [3.8, 4) is 0 Å². The smallest absolute Gasteiger partial charge is 0.264 e. The van der Waals surface area contributed by atoms with Crippen LogP contribution < -0.4 is 9.62 Å². The number of carbonyl (C=O) groups excluding carboxylic acids is 1. The topological polar surface area (TPSA) is 66.5 Å². The number of aryl methyl sites for hydroxylation is 2. The zero-order valence-corrected chi connectivity index (χ0v) is 22.2. The zero-order chi connectivity index (χ0) is 26.4. The molecule has 0 unspecified atom stereocenters. The molecular weight excluding hydrogens is 480 g/mol. The van der Waals surface area contributed by atoms with Crippen molar-refractivity contribution in [3.05, 3.63) is 131 Å². The Morgan fingerprint density at radius 2 is 1.35 bits per heavy atom. The molecule has 0 fully saturated rings. The van der Waals surface area contributed by atoms with E-state index in [4.69, 9.17) is 0 Å². The van der Waals surface area contributed by atoms with Gasteiger partial charge >= 0.3 is 0 Å².